The van der Waals surface area contributed by atoms with E-state index in [4.69, 9.17) is 5.21 Å². The van der Waals surface area contributed by atoms with Crippen molar-refractivity contribution in [3.8, 4) is 0 Å². The predicted octanol–water partition coefficient (Wildman–Crippen LogP) is -0.491. The summed E-state index contributed by atoms with van der Waals surface area (Å²) in [4.78, 5) is 9.45. The molecule has 0 aliphatic rings. The van der Waals surface area contributed by atoms with Gasteiger partial charge in [0.2, 0.25) is 5.91 Å². The molecule has 0 saturated carbocycles. The Balaban J connectivity index is 0. The molecule has 0 unspecified atom stereocenters. The van der Waals surface area contributed by atoms with Crippen LogP contribution < -0.4 is 5.48 Å². The van der Waals surface area contributed by atoms with Gasteiger partial charge < -0.3 is 0 Å². The van der Waals surface area contributed by atoms with E-state index in [2.05, 4.69) is 0 Å². The fourth-order valence-electron chi connectivity index (χ4n) is 0. The van der Waals surface area contributed by atoms with Gasteiger partial charge in [-0.3, -0.25) is 10.0 Å². The third kappa shape index (κ3) is 9.04. The van der Waals surface area contributed by atoms with Gasteiger partial charge in [0.25, 0.3) is 0 Å². The third-order valence-corrected chi connectivity index (χ3v) is 0.157. The van der Waals surface area contributed by atoms with Gasteiger partial charge in [-0.2, -0.15) is 0 Å². The average Bonchev–Trinajstić information content (AvgIpc) is 1.38. The number of hydroxylamine groups is 1. The largest absolute Gasteiger partial charge is 2.00 e. The number of amides is 1. The van der Waals surface area contributed by atoms with Crippen LogP contribution in [0.2, 0.25) is 0 Å². The Kier molecular flexibility index (Phi) is 7.71. The Morgan fingerprint density at radius 3 is 2.00 bits per heavy atom. The van der Waals surface area contributed by atoms with Gasteiger partial charge in [0.05, 0.1) is 0 Å². The van der Waals surface area contributed by atoms with Crippen molar-refractivity contribution in [2.75, 3.05) is 0 Å². The summed E-state index contributed by atoms with van der Waals surface area (Å²) in [5, 5.41) is 7.54. The molecular formula is C2H5CuNO2+2. The van der Waals surface area contributed by atoms with Crippen molar-refractivity contribution < 1.29 is 27.1 Å². The average molecular weight is 139 g/mol. The topological polar surface area (TPSA) is 49.3 Å². The Bertz CT molecular complexity index is 46.8. The summed E-state index contributed by atoms with van der Waals surface area (Å²) < 4.78 is 0. The van der Waals surface area contributed by atoms with Gasteiger partial charge >= 0.3 is 17.1 Å². The van der Waals surface area contributed by atoms with Crippen LogP contribution in [0.5, 0.6) is 0 Å². The van der Waals surface area contributed by atoms with Gasteiger partial charge in [-0.05, 0) is 0 Å². The number of carbonyl (C=O) groups excluding carboxylic acids is 1. The van der Waals surface area contributed by atoms with Crippen molar-refractivity contribution in [3.05, 3.63) is 0 Å². The minimum atomic E-state index is -0.440. The molecule has 0 spiro atoms. The molecule has 0 aliphatic heterocycles. The zero-order valence-electron chi connectivity index (χ0n) is 3.16. The molecule has 4 heteroatoms. The molecule has 39 valence electrons. The van der Waals surface area contributed by atoms with E-state index in [1.165, 1.54) is 12.4 Å². The van der Waals surface area contributed by atoms with Crippen LogP contribution in [0.4, 0.5) is 0 Å². The molecule has 0 atom stereocenters. The first-order valence-corrected chi connectivity index (χ1v) is 1.18. The molecule has 0 aliphatic carbocycles. The maximum absolute atomic E-state index is 9.45. The van der Waals surface area contributed by atoms with Crippen molar-refractivity contribution in [3.63, 3.8) is 0 Å². The molecule has 2 N–H and O–H groups in total. The minimum absolute atomic E-state index is 0. The van der Waals surface area contributed by atoms with Gasteiger partial charge in [-0.15, -0.1) is 0 Å². The Labute approximate surface area is 46.2 Å². The van der Waals surface area contributed by atoms with Crippen LogP contribution in [-0.2, 0) is 21.9 Å². The standard InChI is InChI=1S/C2H5NO2.Cu/c1-2(4)3-5;/h5H,1H3,(H,3,4);/q;+2. The number of nitrogens with one attached hydrogen (secondary N) is 1. The van der Waals surface area contributed by atoms with Crippen LogP contribution in [0.25, 0.3) is 0 Å². The summed E-state index contributed by atoms with van der Waals surface area (Å²) in [6.07, 6.45) is 0. The fraction of sp³-hybridized carbons (Fsp3) is 0.500. The molecule has 0 rings (SSSR count). The normalized spacial score (nSPS) is 5.67. The van der Waals surface area contributed by atoms with Crippen LogP contribution in [-0.4, -0.2) is 11.1 Å². The van der Waals surface area contributed by atoms with Crippen molar-refractivity contribution in [1.82, 2.24) is 5.48 Å². The van der Waals surface area contributed by atoms with Gasteiger partial charge in [-0.1, -0.05) is 0 Å². The first-order chi connectivity index (χ1) is 2.27. The van der Waals surface area contributed by atoms with Crippen LogP contribution in [0, 0.1) is 0 Å². The van der Waals surface area contributed by atoms with Crippen LogP contribution in [0.1, 0.15) is 6.92 Å². The van der Waals surface area contributed by atoms with Gasteiger partial charge in [0.15, 0.2) is 0 Å². The van der Waals surface area contributed by atoms with Gasteiger partial charge in [-0.25, -0.2) is 5.48 Å². The van der Waals surface area contributed by atoms with Crippen molar-refractivity contribution in [2.24, 2.45) is 0 Å². The van der Waals surface area contributed by atoms with E-state index in [1.807, 2.05) is 0 Å². The van der Waals surface area contributed by atoms with Gasteiger partial charge in [0.1, 0.15) is 0 Å². The van der Waals surface area contributed by atoms with Crippen molar-refractivity contribution >= 4 is 5.91 Å². The summed E-state index contributed by atoms with van der Waals surface area (Å²) in [6, 6.07) is 0. The molecule has 0 aromatic carbocycles. The summed E-state index contributed by atoms with van der Waals surface area (Å²) in [5.74, 6) is -0.440. The molecule has 0 bridgehead atoms. The van der Waals surface area contributed by atoms with Crippen LogP contribution >= 0.6 is 0 Å². The molecule has 0 aromatic heterocycles. The zero-order chi connectivity index (χ0) is 4.28. The molecule has 0 heterocycles. The number of hydrogen-bond donors (Lipinski definition) is 2. The second-order valence-electron chi connectivity index (χ2n) is 0.668. The summed E-state index contributed by atoms with van der Waals surface area (Å²) in [6.45, 7) is 1.22. The predicted molar refractivity (Wildman–Crippen MR) is 15.6 cm³/mol. The van der Waals surface area contributed by atoms with E-state index in [-0.39, 0.29) is 17.1 Å². The van der Waals surface area contributed by atoms with E-state index in [0.717, 1.165) is 0 Å². The smallest absolute Gasteiger partial charge is 0.289 e. The summed E-state index contributed by atoms with van der Waals surface area (Å²) >= 11 is 0. The Morgan fingerprint density at radius 1 is 1.83 bits per heavy atom. The molecule has 0 fully saturated rings. The first-order valence-electron chi connectivity index (χ1n) is 1.18. The molecular weight excluding hydrogens is 134 g/mol. The van der Waals surface area contributed by atoms with E-state index in [0.29, 0.717) is 0 Å². The maximum Gasteiger partial charge on any atom is 2.00 e. The molecule has 0 saturated heterocycles. The Morgan fingerprint density at radius 2 is 2.00 bits per heavy atom. The monoisotopic (exact) mass is 138 g/mol. The van der Waals surface area contributed by atoms with Crippen molar-refractivity contribution in [1.29, 1.82) is 0 Å². The second-order valence-corrected chi connectivity index (χ2v) is 0.668. The maximum atomic E-state index is 9.45. The second kappa shape index (κ2) is 4.95. The van der Waals surface area contributed by atoms with Crippen molar-refractivity contribution in [2.45, 2.75) is 6.92 Å². The number of hydrogen-bond acceptors (Lipinski definition) is 2. The van der Waals surface area contributed by atoms with Gasteiger partial charge in [0, 0.05) is 6.92 Å². The molecule has 3 nitrogen and oxygen atoms in total. The third-order valence-electron chi connectivity index (χ3n) is 0.157. The summed E-state index contributed by atoms with van der Waals surface area (Å²) in [7, 11) is 0. The fourth-order valence-corrected chi connectivity index (χ4v) is 0. The zero-order valence-corrected chi connectivity index (χ0v) is 4.10. The van der Waals surface area contributed by atoms with Crippen LogP contribution in [0.15, 0.2) is 0 Å². The SMILES string of the molecule is CC(=O)NO.[Cu+2]. The number of rotatable bonds is 0. The quantitative estimate of drug-likeness (QED) is 0.270. The Hall–Kier alpha value is -0.0505. The van der Waals surface area contributed by atoms with E-state index in [9.17, 15) is 4.79 Å². The number of carbonyl (C=O) groups is 1. The van der Waals surface area contributed by atoms with E-state index >= 15 is 0 Å². The molecule has 1 radical (unpaired) electrons. The minimum Gasteiger partial charge on any atom is -0.289 e. The molecule has 6 heavy (non-hydrogen) atoms. The van der Waals surface area contributed by atoms with Crippen LogP contribution in [0.3, 0.4) is 0 Å². The molecule has 0 aromatic rings. The molecule has 1 amide bonds. The first kappa shape index (κ1) is 9.34. The van der Waals surface area contributed by atoms with E-state index in [1.54, 1.807) is 0 Å². The summed E-state index contributed by atoms with van der Waals surface area (Å²) in [5.41, 5.74) is 1.39. The van der Waals surface area contributed by atoms with E-state index < -0.39 is 5.91 Å².